The summed E-state index contributed by atoms with van der Waals surface area (Å²) in [6, 6.07) is 26.4. The van der Waals surface area contributed by atoms with E-state index in [1.54, 1.807) is 30.6 Å². The molecule has 3 aromatic rings. The molecule has 6 heteroatoms. The van der Waals surface area contributed by atoms with Crippen molar-refractivity contribution < 1.29 is 4.48 Å². The highest BCUT2D eigenvalue weighted by Crippen LogP contribution is 2.39. The Labute approximate surface area is 243 Å². The first-order chi connectivity index (χ1) is 19.9. The quantitative estimate of drug-likeness (QED) is 0.0968. The minimum atomic E-state index is -0.143. The van der Waals surface area contributed by atoms with Gasteiger partial charge in [0.05, 0.1) is 52.0 Å². The molecular weight excluding hydrogens is 504 g/mol. The number of hydrogen-bond acceptors (Lipinski definition) is 4. The Kier molecular flexibility index (Phi) is 9.28. The molecule has 1 aromatic heterocycles. The fourth-order valence-corrected chi connectivity index (χ4v) is 4.89. The number of nitrogens with zero attached hydrogens (tertiary/aromatic N) is 6. The van der Waals surface area contributed by atoms with Gasteiger partial charge in [-0.25, -0.2) is 10.1 Å². The number of para-hydroxylation sites is 1. The van der Waals surface area contributed by atoms with E-state index in [2.05, 4.69) is 84.4 Å². The third-order valence-electron chi connectivity index (χ3n) is 6.85. The van der Waals surface area contributed by atoms with Crippen LogP contribution < -0.4 is 4.90 Å². The van der Waals surface area contributed by atoms with E-state index in [0.29, 0.717) is 5.56 Å². The average molecular weight is 538 g/mol. The number of fused-ring (bicyclic) bond motifs is 1. The van der Waals surface area contributed by atoms with E-state index in [-0.39, 0.29) is 16.8 Å². The van der Waals surface area contributed by atoms with Crippen LogP contribution in [0.4, 0.5) is 5.69 Å². The summed E-state index contributed by atoms with van der Waals surface area (Å²) in [5.41, 5.74) is 6.34. The van der Waals surface area contributed by atoms with Gasteiger partial charge >= 0.3 is 0 Å². The molecule has 0 unspecified atom stereocenters. The van der Waals surface area contributed by atoms with Crippen molar-refractivity contribution in [3.8, 4) is 12.1 Å². The first kappa shape index (κ1) is 28.8. The molecule has 41 heavy (non-hydrogen) atoms. The number of rotatable bonds is 9. The molecule has 0 radical (unpaired) electrons. The zero-order valence-corrected chi connectivity index (χ0v) is 23.7. The second-order valence-electron chi connectivity index (χ2n) is 10.8. The predicted molar refractivity (Wildman–Crippen MR) is 165 cm³/mol. The third kappa shape index (κ3) is 7.06. The molecule has 202 valence electrons. The molecular formula is C35H33N6+. The van der Waals surface area contributed by atoms with Gasteiger partial charge in [0, 0.05) is 41.5 Å². The van der Waals surface area contributed by atoms with Gasteiger partial charge in [0.1, 0.15) is 0 Å². The maximum absolute atomic E-state index is 10.2. The van der Waals surface area contributed by atoms with Crippen molar-refractivity contribution in [2.75, 3.05) is 39.1 Å². The van der Waals surface area contributed by atoms with Gasteiger partial charge in [0.2, 0.25) is 0 Å². The van der Waals surface area contributed by atoms with Crippen LogP contribution in [0.15, 0.2) is 114 Å². The number of quaternary nitrogens is 1. The van der Waals surface area contributed by atoms with Crippen LogP contribution in [0.1, 0.15) is 29.5 Å². The Hall–Kier alpha value is -5.22. The smallest absolute Gasteiger partial charge is 0.270 e. The van der Waals surface area contributed by atoms with Crippen molar-refractivity contribution >= 4 is 16.8 Å². The monoisotopic (exact) mass is 537 g/mol. The van der Waals surface area contributed by atoms with Crippen molar-refractivity contribution in [1.29, 1.82) is 10.5 Å². The lowest BCUT2D eigenvalue weighted by Gasteiger charge is -2.33. The van der Waals surface area contributed by atoms with Crippen molar-refractivity contribution in [2.24, 2.45) is 0 Å². The summed E-state index contributed by atoms with van der Waals surface area (Å²) in [4.78, 5) is 9.86. The maximum atomic E-state index is 10.2. The molecule has 6 nitrogen and oxygen atoms in total. The summed E-state index contributed by atoms with van der Waals surface area (Å²) in [5, 5.41) is 19.9. The molecule has 4 rings (SSSR count). The van der Waals surface area contributed by atoms with Gasteiger partial charge < -0.3 is 9.38 Å². The van der Waals surface area contributed by atoms with Gasteiger partial charge in [-0.15, -0.1) is 0 Å². The van der Waals surface area contributed by atoms with Crippen LogP contribution in [0.25, 0.3) is 16.0 Å². The lowest BCUT2D eigenvalue weighted by molar-refractivity contribution is -0.870. The molecule has 0 saturated heterocycles. The number of nitriles is 2. The summed E-state index contributed by atoms with van der Waals surface area (Å²) in [6.45, 7) is 9.45. The minimum Gasteiger partial charge on any atom is -0.341 e. The first-order valence-electron chi connectivity index (χ1n) is 13.6. The summed E-state index contributed by atoms with van der Waals surface area (Å²) in [5.74, 6) is 0. The first-order valence-corrected chi connectivity index (χ1v) is 13.6. The molecule has 1 aliphatic rings. The summed E-state index contributed by atoms with van der Waals surface area (Å²) in [6.07, 6.45) is 11.1. The fraction of sp³-hybridized carbons (Fsp3) is 0.200. The van der Waals surface area contributed by atoms with E-state index in [0.717, 1.165) is 58.5 Å². The lowest BCUT2D eigenvalue weighted by Crippen LogP contribution is -2.36. The van der Waals surface area contributed by atoms with Crippen molar-refractivity contribution in [3.63, 3.8) is 0 Å². The summed E-state index contributed by atoms with van der Waals surface area (Å²) >= 11 is 0. The highest BCUT2D eigenvalue weighted by atomic mass is 15.3. The van der Waals surface area contributed by atoms with Gasteiger partial charge in [0.15, 0.2) is 0 Å². The van der Waals surface area contributed by atoms with Crippen molar-refractivity contribution in [2.45, 2.75) is 12.8 Å². The highest BCUT2D eigenvalue weighted by Gasteiger charge is 2.23. The van der Waals surface area contributed by atoms with Crippen LogP contribution in [0, 0.1) is 29.2 Å². The van der Waals surface area contributed by atoms with Crippen LogP contribution >= 0.6 is 0 Å². The third-order valence-corrected chi connectivity index (χ3v) is 6.85. The van der Waals surface area contributed by atoms with E-state index in [4.69, 9.17) is 6.57 Å². The van der Waals surface area contributed by atoms with E-state index < -0.39 is 0 Å². The predicted octanol–water partition coefficient (Wildman–Crippen LogP) is 7.01. The molecule has 0 bridgehead atoms. The fourth-order valence-electron chi connectivity index (χ4n) is 4.89. The van der Waals surface area contributed by atoms with Gasteiger partial charge in [-0.1, -0.05) is 54.6 Å². The van der Waals surface area contributed by atoms with Gasteiger partial charge in [-0.05, 0) is 59.9 Å². The molecule has 0 fully saturated rings. The SMILES string of the molecule is [C-]#[N+]\C(C#N)=C(/C(C#N)=C/C=C1\C=C(c2ccccc2)c2ccccc2N1CCCC[N+](C)(C)C)c1cccnc1. The molecule has 1 aliphatic heterocycles. The van der Waals surface area contributed by atoms with Crippen molar-refractivity contribution in [1.82, 2.24) is 4.98 Å². The van der Waals surface area contributed by atoms with Crippen LogP contribution in [-0.2, 0) is 0 Å². The highest BCUT2D eigenvalue weighted by molar-refractivity contribution is 5.92. The van der Waals surface area contributed by atoms with Crippen molar-refractivity contribution in [3.05, 3.63) is 142 Å². The Morgan fingerprint density at radius 3 is 2.39 bits per heavy atom. The molecule has 0 spiro atoms. The average Bonchev–Trinajstić information content (AvgIpc) is 2.99. The zero-order valence-electron chi connectivity index (χ0n) is 23.7. The number of anilines is 1. The van der Waals surface area contributed by atoms with E-state index in [9.17, 15) is 10.5 Å². The molecule has 0 atom stereocenters. The molecule has 0 N–H and O–H groups in total. The summed E-state index contributed by atoms with van der Waals surface area (Å²) in [7, 11) is 6.61. The molecule has 2 heterocycles. The number of aromatic nitrogens is 1. The van der Waals surface area contributed by atoms with E-state index >= 15 is 0 Å². The maximum Gasteiger partial charge on any atom is 0.270 e. The largest absolute Gasteiger partial charge is 0.341 e. The second kappa shape index (κ2) is 13.2. The topological polar surface area (TPSA) is 68.1 Å². The molecule has 0 aliphatic carbocycles. The number of hydrogen-bond donors (Lipinski definition) is 0. The molecule has 0 saturated carbocycles. The molecule has 2 aromatic carbocycles. The van der Waals surface area contributed by atoms with Crippen LogP contribution in [0.3, 0.4) is 0 Å². The Bertz CT molecular complexity index is 1620. The number of unbranched alkanes of at least 4 members (excludes halogenated alkanes) is 1. The zero-order chi connectivity index (χ0) is 29.2. The van der Waals surface area contributed by atoms with Crippen LogP contribution in [0.2, 0.25) is 0 Å². The van der Waals surface area contributed by atoms with Gasteiger partial charge in [-0.2, -0.15) is 5.26 Å². The van der Waals surface area contributed by atoms with E-state index in [1.165, 1.54) is 0 Å². The Balaban J connectivity index is 1.85. The Morgan fingerprint density at radius 1 is 0.976 bits per heavy atom. The number of benzene rings is 2. The van der Waals surface area contributed by atoms with Crippen LogP contribution in [-0.4, -0.2) is 43.7 Å². The van der Waals surface area contributed by atoms with Gasteiger partial charge in [-0.3, -0.25) is 4.98 Å². The number of pyridine rings is 1. The minimum absolute atomic E-state index is 0.143. The standard InChI is InChI=1S/C35H33N6/c1-38-33(25-37)35(29-15-12-20-39-26-29)28(24-36)18-19-30-23-32(27-13-6-5-7-14-27)31-16-8-9-17-34(31)40(30)21-10-11-22-41(2,3)4/h5-9,12-20,23,26H,10-11,21-22H2,2-4H3/q+1/b28-18+,30-19+,35-33+. The van der Waals surface area contributed by atoms with Crippen LogP contribution in [0.5, 0.6) is 0 Å². The second-order valence-corrected chi connectivity index (χ2v) is 10.8. The normalized spacial score (nSPS) is 14.7. The van der Waals surface area contributed by atoms with E-state index in [1.807, 2.05) is 30.3 Å². The van der Waals surface area contributed by atoms with Gasteiger partial charge in [0.25, 0.3) is 5.70 Å². The summed E-state index contributed by atoms with van der Waals surface area (Å²) < 4.78 is 0.914. The number of allylic oxidation sites excluding steroid dienone is 6. The Morgan fingerprint density at radius 2 is 1.73 bits per heavy atom. The molecule has 0 amide bonds. The lowest BCUT2D eigenvalue weighted by atomic mass is 9.91.